The maximum absolute atomic E-state index is 14.9. The van der Waals surface area contributed by atoms with Gasteiger partial charge < -0.3 is 9.47 Å². The van der Waals surface area contributed by atoms with Gasteiger partial charge in [-0.2, -0.15) is 0 Å². The molecule has 0 aliphatic heterocycles. The zero-order chi connectivity index (χ0) is 26.2. The average molecular weight is 503 g/mol. The minimum Gasteiger partial charge on any atom is -0.494 e. The van der Waals surface area contributed by atoms with E-state index in [2.05, 4.69) is 6.92 Å². The van der Waals surface area contributed by atoms with E-state index in [1.807, 2.05) is 24.3 Å². The molecule has 0 spiro atoms. The number of halogens is 3. The smallest absolute Gasteiger partial charge is 0.167 e. The molecule has 0 saturated heterocycles. The predicted octanol–water partition coefficient (Wildman–Crippen LogP) is 9.19. The minimum atomic E-state index is -0.904. The van der Waals surface area contributed by atoms with E-state index in [4.69, 9.17) is 9.47 Å². The molecule has 0 amide bonds. The van der Waals surface area contributed by atoms with Gasteiger partial charge in [0.25, 0.3) is 0 Å². The third-order valence-corrected chi connectivity index (χ3v) is 5.98. The van der Waals surface area contributed by atoms with Gasteiger partial charge >= 0.3 is 0 Å². The zero-order valence-electron chi connectivity index (χ0n) is 20.9. The van der Waals surface area contributed by atoms with Crippen molar-refractivity contribution in [1.82, 2.24) is 0 Å². The van der Waals surface area contributed by atoms with Gasteiger partial charge in [0.15, 0.2) is 23.2 Å². The first-order valence-electron chi connectivity index (χ1n) is 12.4. The molecular formula is C32H29F3O2. The van der Waals surface area contributed by atoms with Crippen molar-refractivity contribution in [1.29, 1.82) is 0 Å². The SMILES string of the molecule is CCCCOc1ccc(-c2ccc(/C=C/c3ccc(-c4ccc(OCC)c(F)c4)cc3)c(F)c2F)cc1. The van der Waals surface area contributed by atoms with Crippen LogP contribution in [0.15, 0.2) is 78.9 Å². The molecule has 4 aromatic rings. The van der Waals surface area contributed by atoms with Crippen molar-refractivity contribution < 1.29 is 22.6 Å². The maximum Gasteiger partial charge on any atom is 0.167 e. The summed E-state index contributed by atoms with van der Waals surface area (Å²) < 4.78 is 54.8. The Bertz CT molecular complexity index is 1360. The molecule has 0 aliphatic rings. The molecule has 0 bridgehead atoms. The number of hydrogen-bond donors (Lipinski definition) is 0. The Morgan fingerprint density at radius 1 is 0.676 bits per heavy atom. The molecule has 0 N–H and O–H groups in total. The van der Waals surface area contributed by atoms with E-state index in [0.717, 1.165) is 29.5 Å². The minimum absolute atomic E-state index is 0.151. The fourth-order valence-corrected chi connectivity index (χ4v) is 3.91. The fraction of sp³-hybridized carbons (Fsp3) is 0.188. The van der Waals surface area contributed by atoms with Crippen molar-refractivity contribution in [2.45, 2.75) is 26.7 Å². The molecule has 0 radical (unpaired) electrons. The van der Waals surface area contributed by atoms with E-state index in [1.165, 1.54) is 6.07 Å². The summed E-state index contributed by atoms with van der Waals surface area (Å²) in [5.41, 5.74) is 3.29. The lowest BCUT2D eigenvalue weighted by atomic mass is 10.0. The van der Waals surface area contributed by atoms with Gasteiger partial charge in [-0.15, -0.1) is 0 Å². The highest BCUT2D eigenvalue weighted by molar-refractivity contribution is 5.74. The van der Waals surface area contributed by atoms with E-state index in [0.29, 0.717) is 24.5 Å². The van der Waals surface area contributed by atoms with Gasteiger partial charge in [-0.25, -0.2) is 13.2 Å². The number of hydrogen-bond acceptors (Lipinski definition) is 2. The van der Waals surface area contributed by atoms with Crippen LogP contribution in [-0.4, -0.2) is 13.2 Å². The summed E-state index contributed by atoms with van der Waals surface area (Å²) in [6, 6.07) is 22.4. The van der Waals surface area contributed by atoms with Gasteiger partial charge in [0, 0.05) is 11.1 Å². The van der Waals surface area contributed by atoms with E-state index in [9.17, 15) is 13.2 Å². The molecule has 4 rings (SSSR count). The molecule has 0 heterocycles. The number of unbranched alkanes of at least 4 members (excludes halogenated alkanes) is 1. The van der Waals surface area contributed by atoms with Crippen molar-refractivity contribution >= 4 is 12.2 Å². The molecule has 37 heavy (non-hydrogen) atoms. The molecule has 5 heteroatoms. The Kier molecular flexibility index (Phi) is 8.68. The first kappa shape index (κ1) is 26.1. The van der Waals surface area contributed by atoms with Crippen LogP contribution < -0.4 is 9.47 Å². The van der Waals surface area contributed by atoms with Crippen LogP contribution in [0.4, 0.5) is 13.2 Å². The van der Waals surface area contributed by atoms with Crippen LogP contribution in [-0.2, 0) is 0 Å². The molecular weight excluding hydrogens is 473 g/mol. The Morgan fingerprint density at radius 2 is 1.38 bits per heavy atom. The van der Waals surface area contributed by atoms with Gasteiger partial charge in [0.2, 0.25) is 0 Å². The standard InChI is InChI=1S/C32H29F3O2/c1-3-5-20-37-27-16-12-24(13-17-27)28-18-14-25(31(34)32(28)35)11-8-22-6-9-23(10-7-22)26-15-19-30(36-4-2)29(33)21-26/h6-19,21H,3-5,20H2,1-2H3/b11-8+. The summed E-state index contributed by atoms with van der Waals surface area (Å²) in [5, 5.41) is 0. The summed E-state index contributed by atoms with van der Waals surface area (Å²) in [7, 11) is 0. The quantitative estimate of drug-likeness (QED) is 0.159. The molecule has 0 aliphatic carbocycles. The van der Waals surface area contributed by atoms with Gasteiger partial charge in [-0.05, 0) is 59.9 Å². The highest BCUT2D eigenvalue weighted by Gasteiger charge is 2.14. The monoisotopic (exact) mass is 502 g/mol. The van der Waals surface area contributed by atoms with Crippen LogP contribution in [0, 0.1) is 17.5 Å². The molecule has 190 valence electrons. The van der Waals surface area contributed by atoms with E-state index in [-0.39, 0.29) is 16.9 Å². The third kappa shape index (κ3) is 6.42. The highest BCUT2D eigenvalue weighted by atomic mass is 19.2. The average Bonchev–Trinajstić information content (AvgIpc) is 2.92. The lowest BCUT2D eigenvalue weighted by Crippen LogP contribution is -1.96. The van der Waals surface area contributed by atoms with Gasteiger partial charge in [0.1, 0.15) is 5.75 Å². The van der Waals surface area contributed by atoms with E-state index in [1.54, 1.807) is 67.6 Å². The zero-order valence-corrected chi connectivity index (χ0v) is 20.9. The Hall–Kier alpha value is -3.99. The first-order valence-corrected chi connectivity index (χ1v) is 12.4. The second kappa shape index (κ2) is 12.3. The van der Waals surface area contributed by atoms with Crippen molar-refractivity contribution in [3.8, 4) is 33.8 Å². The largest absolute Gasteiger partial charge is 0.494 e. The van der Waals surface area contributed by atoms with Gasteiger partial charge in [0.05, 0.1) is 13.2 Å². The maximum atomic E-state index is 14.9. The van der Waals surface area contributed by atoms with E-state index >= 15 is 0 Å². The number of ether oxygens (including phenoxy) is 2. The fourth-order valence-electron chi connectivity index (χ4n) is 3.91. The van der Waals surface area contributed by atoms with Crippen molar-refractivity contribution in [2.24, 2.45) is 0 Å². The normalized spacial score (nSPS) is 11.2. The van der Waals surface area contributed by atoms with Crippen molar-refractivity contribution in [2.75, 3.05) is 13.2 Å². The molecule has 0 aromatic heterocycles. The first-order chi connectivity index (χ1) is 18.0. The van der Waals surface area contributed by atoms with Crippen LogP contribution in [0.1, 0.15) is 37.8 Å². The van der Waals surface area contributed by atoms with E-state index < -0.39 is 17.5 Å². The summed E-state index contributed by atoms with van der Waals surface area (Å²) in [6.07, 6.45) is 5.25. The van der Waals surface area contributed by atoms with Crippen LogP contribution in [0.2, 0.25) is 0 Å². The predicted molar refractivity (Wildman–Crippen MR) is 144 cm³/mol. The van der Waals surface area contributed by atoms with Crippen molar-refractivity contribution in [3.63, 3.8) is 0 Å². The Balaban J connectivity index is 1.47. The van der Waals surface area contributed by atoms with Crippen LogP contribution in [0.25, 0.3) is 34.4 Å². The number of rotatable bonds is 10. The van der Waals surface area contributed by atoms with Crippen LogP contribution >= 0.6 is 0 Å². The van der Waals surface area contributed by atoms with Gasteiger partial charge in [-0.1, -0.05) is 80.1 Å². The van der Waals surface area contributed by atoms with Crippen LogP contribution in [0.5, 0.6) is 11.5 Å². The molecule has 2 nitrogen and oxygen atoms in total. The van der Waals surface area contributed by atoms with Crippen molar-refractivity contribution in [3.05, 3.63) is 107 Å². The lowest BCUT2D eigenvalue weighted by molar-refractivity contribution is 0.309. The Morgan fingerprint density at radius 3 is 2.05 bits per heavy atom. The molecule has 0 unspecified atom stereocenters. The summed E-state index contributed by atoms with van der Waals surface area (Å²) in [6.45, 7) is 4.92. The highest BCUT2D eigenvalue weighted by Crippen LogP contribution is 2.30. The second-order valence-electron chi connectivity index (χ2n) is 8.59. The summed E-state index contributed by atoms with van der Waals surface area (Å²) in [4.78, 5) is 0. The second-order valence-corrected chi connectivity index (χ2v) is 8.59. The summed E-state index contributed by atoms with van der Waals surface area (Å²) in [5.74, 6) is -1.29. The molecule has 0 saturated carbocycles. The third-order valence-electron chi connectivity index (χ3n) is 5.98. The Labute approximate surface area is 216 Å². The van der Waals surface area contributed by atoms with Gasteiger partial charge in [-0.3, -0.25) is 0 Å². The molecule has 0 atom stereocenters. The van der Waals surface area contributed by atoms with Crippen LogP contribution in [0.3, 0.4) is 0 Å². The topological polar surface area (TPSA) is 18.5 Å². The molecule has 0 fully saturated rings. The summed E-state index contributed by atoms with van der Waals surface area (Å²) >= 11 is 0. The number of benzene rings is 4. The lowest BCUT2D eigenvalue weighted by Gasteiger charge is -2.09. The molecule has 4 aromatic carbocycles.